The van der Waals surface area contributed by atoms with Crippen molar-refractivity contribution in [3.63, 3.8) is 0 Å². The maximum Gasteiger partial charge on any atom is 0.211 e. The summed E-state index contributed by atoms with van der Waals surface area (Å²) >= 11 is 3.33. The molecule has 0 bridgehead atoms. The molecule has 10 heteroatoms. The van der Waals surface area contributed by atoms with Crippen molar-refractivity contribution in [2.75, 3.05) is 16.8 Å². The third-order valence-corrected chi connectivity index (χ3v) is 4.51. The maximum atomic E-state index is 14.5. The Hall–Kier alpha value is -3.37. The molecule has 3 rings (SSSR count). The van der Waals surface area contributed by atoms with Gasteiger partial charge in [-0.05, 0) is 17.7 Å². The van der Waals surface area contributed by atoms with Gasteiger partial charge in [-0.2, -0.15) is 10.5 Å². The molecule has 26 heavy (non-hydrogen) atoms. The van der Waals surface area contributed by atoms with E-state index in [-0.39, 0.29) is 34.4 Å². The topological polar surface area (TPSA) is 149 Å². The summed E-state index contributed by atoms with van der Waals surface area (Å²) in [6.07, 6.45) is 1.74. The summed E-state index contributed by atoms with van der Waals surface area (Å²) in [6.45, 7) is 0. The van der Waals surface area contributed by atoms with Crippen molar-refractivity contribution in [1.82, 2.24) is 10.3 Å². The summed E-state index contributed by atoms with van der Waals surface area (Å²) in [5, 5.41) is 23.8. The van der Waals surface area contributed by atoms with Gasteiger partial charge >= 0.3 is 0 Å². The summed E-state index contributed by atoms with van der Waals surface area (Å²) < 4.78 is 14.5. The fourth-order valence-corrected chi connectivity index (χ4v) is 3.04. The smallest absolute Gasteiger partial charge is 0.211 e. The highest BCUT2D eigenvalue weighted by molar-refractivity contribution is 9.08. The first-order chi connectivity index (χ1) is 12.5. The number of halogens is 2. The average Bonchev–Trinajstić information content (AvgIpc) is 2.62. The molecule has 130 valence electrons. The van der Waals surface area contributed by atoms with Gasteiger partial charge in [0.05, 0.1) is 5.69 Å². The molecule has 2 heterocycles. The number of guanidine groups is 1. The predicted octanol–water partition coefficient (Wildman–Crippen LogP) is 2.09. The molecular formula is C16H12BrFN8. The number of anilines is 3. The Morgan fingerprint density at radius 1 is 1.35 bits per heavy atom. The molecule has 1 unspecified atom stereocenters. The van der Waals surface area contributed by atoms with Crippen LogP contribution >= 0.6 is 15.9 Å². The van der Waals surface area contributed by atoms with Crippen molar-refractivity contribution in [3.05, 3.63) is 46.3 Å². The zero-order valence-electron chi connectivity index (χ0n) is 13.2. The molecule has 1 aliphatic rings. The van der Waals surface area contributed by atoms with Crippen LogP contribution in [0.1, 0.15) is 28.3 Å². The molecule has 0 amide bonds. The van der Waals surface area contributed by atoms with Gasteiger partial charge in [0.1, 0.15) is 35.1 Å². The highest BCUT2D eigenvalue weighted by Crippen LogP contribution is 2.41. The van der Waals surface area contributed by atoms with E-state index in [4.69, 9.17) is 16.7 Å². The lowest BCUT2D eigenvalue weighted by molar-refractivity contribution is 0.598. The normalized spacial score (nSPS) is 15.1. The Kier molecular flexibility index (Phi) is 4.61. The van der Waals surface area contributed by atoms with Crippen LogP contribution < -0.4 is 22.1 Å². The molecule has 0 saturated heterocycles. The number of hydrogen-bond donors (Lipinski definition) is 4. The summed E-state index contributed by atoms with van der Waals surface area (Å²) in [5.41, 5.74) is 13.3. The molecule has 1 aromatic carbocycles. The van der Waals surface area contributed by atoms with Crippen molar-refractivity contribution >= 4 is 39.2 Å². The lowest BCUT2D eigenvalue weighted by atomic mass is 9.94. The van der Waals surface area contributed by atoms with E-state index in [1.807, 2.05) is 6.07 Å². The number of alkyl halides is 1. The summed E-state index contributed by atoms with van der Waals surface area (Å²) in [5.74, 6) is -0.282. The van der Waals surface area contributed by atoms with E-state index in [2.05, 4.69) is 36.5 Å². The lowest BCUT2D eigenvalue weighted by Crippen LogP contribution is -2.33. The van der Waals surface area contributed by atoms with Gasteiger partial charge in [-0.25, -0.2) is 14.4 Å². The Labute approximate surface area is 156 Å². The lowest BCUT2D eigenvalue weighted by Gasteiger charge is -2.26. The number of nitrogens with two attached hydrogens (primary N) is 2. The monoisotopic (exact) mass is 414 g/mol. The molecule has 0 aliphatic carbocycles. The average molecular weight is 415 g/mol. The second-order valence-corrected chi connectivity index (χ2v) is 5.95. The first-order valence-corrected chi connectivity index (χ1v) is 8.45. The van der Waals surface area contributed by atoms with Crippen LogP contribution in [0.5, 0.6) is 0 Å². The summed E-state index contributed by atoms with van der Waals surface area (Å²) in [4.78, 5) is 8.46. The van der Waals surface area contributed by atoms with E-state index in [0.717, 1.165) is 5.56 Å². The number of fused-ring (bicyclic) bond motifs is 1. The number of pyridine rings is 1. The third-order valence-electron chi connectivity index (χ3n) is 3.87. The quantitative estimate of drug-likeness (QED) is 0.333. The van der Waals surface area contributed by atoms with E-state index in [1.165, 1.54) is 6.07 Å². The molecule has 0 spiro atoms. The van der Waals surface area contributed by atoms with Crippen LogP contribution in [0, 0.1) is 28.6 Å². The molecule has 0 fully saturated rings. The molecule has 1 aliphatic heterocycles. The minimum Gasteiger partial charge on any atom is -0.397 e. The van der Waals surface area contributed by atoms with Crippen LogP contribution in [0.4, 0.5) is 21.7 Å². The van der Waals surface area contributed by atoms with E-state index in [1.54, 1.807) is 18.3 Å². The van der Waals surface area contributed by atoms with Crippen LogP contribution in [-0.4, -0.2) is 10.9 Å². The summed E-state index contributed by atoms with van der Waals surface area (Å²) in [6, 6.07) is 5.60. The Bertz CT molecular complexity index is 1000. The highest BCUT2D eigenvalue weighted by atomic mass is 79.9. The van der Waals surface area contributed by atoms with Crippen LogP contribution in [0.25, 0.3) is 0 Å². The number of aromatic nitrogens is 1. The zero-order chi connectivity index (χ0) is 18.8. The van der Waals surface area contributed by atoms with E-state index in [0.29, 0.717) is 10.9 Å². The first kappa shape index (κ1) is 17.5. The standard InChI is InChI=1S/C16H12BrFN8/c17-4-7-1-2-10(18)8(3-7)13-11-12(21)9(5-19)14(22)25-15(11)26-16(24-13)23-6-20/h1-3,13H,4H2,(H6,21,22,23,24,25,26). The number of aliphatic imine (C=N–C) groups is 1. The third kappa shape index (κ3) is 2.87. The molecule has 2 aromatic rings. The fourth-order valence-electron chi connectivity index (χ4n) is 2.69. The number of nitrogen functional groups attached to an aromatic ring is 2. The van der Waals surface area contributed by atoms with E-state index < -0.39 is 11.9 Å². The highest BCUT2D eigenvalue weighted by Gasteiger charge is 2.31. The van der Waals surface area contributed by atoms with E-state index in [9.17, 15) is 9.65 Å². The minimum atomic E-state index is -0.902. The molecule has 1 aromatic heterocycles. The SMILES string of the molecule is N#CNC1=NC(c2cc(CBr)ccc2F)c2c(nc(N)c(C#N)c2N)N1. The van der Waals surface area contributed by atoms with Gasteiger partial charge in [-0.15, -0.1) is 0 Å². The molecule has 0 saturated carbocycles. The first-order valence-electron chi connectivity index (χ1n) is 7.33. The van der Waals surface area contributed by atoms with Crippen LogP contribution in [0.2, 0.25) is 0 Å². The largest absolute Gasteiger partial charge is 0.397 e. The van der Waals surface area contributed by atoms with Gasteiger partial charge in [0.2, 0.25) is 5.96 Å². The zero-order valence-corrected chi connectivity index (χ0v) is 14.8. The molecule has 0 radical (unpaired) electrons. The Morgan fingerprint density at radius 3 is 2.77 bits per heavy atom. The van der Waals surface area contributed by atoms with Crippen molar-refractivity contribution in [2.45, 2.75) is 11.4 Å². The van der Waals surface area contributed by atoms with Crippen LogP contribution in [-0.2, 0) is 5.33 Å². The molecule has 1 atom stereocenters. The number of rotatable bonds is 2. The Morgan fingerprint density at radius 2 is 2.12 bits per heavy atom. The van der Waals surface area contributed by atoms with Gasteiger partial charge in [0.25, 0.3) is 0 Å². The second-order valence-electron chi connectivity index (χ2n) is 5.39. The number of nitrogens with zero attached hydrogens (tertiary/aromatic N) is 4. The number of hydrogen-bond acceptors (Lipinski definition) is 8. The number of nitriles is 2. The summed E-state index contributed by atoms with van der Waals surface area (Å²) in [7, 11) is 0. The van der Waals surface area contributed by atoms with Gasteiger partial charge in [0, 0.05) is 16.5 Å². The van der Waals surface area contributed by atoms with Gasteiger partial charge in [-0.1, -0.05) is 22.0 Å². The van der Waals surface area contributed by atoms with Crippen LogP contribution in [0.3, 0.4) is 0 Å². The second kappa shape index (κ2) is 6.86. The minimum absolute atomic E-state index is 0.000466. The number of benzene rings is 1. The maximum absolute atomic E-state index is 14.5. The fraction of sp³-hybridized carbons (Fsp3) is 0.125. The van der Waals surface area contributed by atoms with Crippen molar-refractivity contribution in [2.24, 2.45) is 4.99 Å². The van der Waals surface area contributed by atoms with Crippen molar-refractivity contribution in [1.29, 1.82) is 10.5 Å². The molecule has 6 N–H and O–H groups in total. The van der Waals surface area contributed by atoms with Crippen molar-refractivity contribution < 1.29 is 4.39 Å². The Balaban J connectivity index is 2.29. The van der Waals surface area contributed by atoms with Crippen LogP contribution in [0.15, 0.2) is 23.2 Å². The number of nitrogens with one attached hydrogen (secondary N) is 2. The van der Waals surface area contributed by atoms with Gasteiger partial charge in [-0.3, -0.25) is 5.32 Å². The molecular weight excluding hydrogens is 403 g/mol. The van der Waals surface area contributed by atoms with Gasteiger partial charge < -0.3 is 16.8 Å². The predicted molar refractivity (Wildman–Crippen MR) is 98.5 cm³/mol. The van der Waals surface area contributed by atoms with Crippen molar-refractivity contribution in [3.8, 4) is 12.3 Å². The van der Waals surface area contributed by atoms with E-state index >= 15 is 0 Å². The molecule has 8 nitrogen and oxygen atoms in total. The van der Waals surface area contributed by atoms with Gasteiger partial charge in [0.15, 0.2) is 6.19 Å².